The van der Waals surface area contributed by atoms with Gasteiger partial charge in [0.15, 0.2) is 11.5 Å². The monoisotopic (exact) mass is 442 g/mol. The fraction of sp³-hybridized carbons (Fsp3) is 0.500. The quantitative estimate of drug-likeness (QED) is 0.452. The highest BCUT2D eigenvalue weighted by molar-refractivity contribution is 7.91. The Balaban J connectivity index is 1.90. The van der Waals surface area contributed by atoms with Gasteiger partial charge in [-0.15, -0.1) is 10.2 Å². The number of aryl methyl sites for hydroxylation is 1. The Morgan fingerprint density at radius 3 is 2.45 bits per heavy atom. The van der Waals surface area contributed by atoms with Gasteiger partial charge in [-0.1, -0.05) is 38.2 Å². The van der Waals surface area contributed by atoms with E-state index in [0.717, 1.165) is 16.9 Å². The first-order chi connectivity index (χ1) is 13.6. The third-order valence-electron chi connectivity index (χ3n) is 3.92. The minimum atomic E-state index is -3.79. The lowest BCUT2D eigenvalue weighted by atomic mass is 9.96. The number of anilines is 1. The molecule has 0 fully saturated rings. The summed E-state index contributed by atoms with van der Waals surface area (Å²) in [5.74, 6) is 1.01. The van der Waals surface area contributed by atoms with Crippen LogP contribution in [-0.2, 0) is 21.2 Å². The van der Waals surface area contributed by atoms with Gasteiger partial charge in [0.2, 0.25) is 15.4 Å². The van der Waals surface area contributed by atoms with Crippen LogP contribution in [0.2, 0.25) is 0 Å². The fourth-order valence-corrected chi connectivity index (χ4v) is 4.26. The number of methoxy groups -OCH3 is 2. The van der Waals surface area contributed by atoms with Gasteiger partial charge in [0, 0.05) is 12.0 Å². The summed E-state index contributed by atoms with van der Waals surface area (Å²) in [4.78, 5) is 12.0. The summed E-state index contributed by atoms with van der Waals surface area (Å²) in [6.07, 6.45) is 1.24. The number of carbonyl (C=O) groups is 1. The van der Waals surface area contributed by atoms with Crippen LogP contribution in [0.15, 0.2) is 22.5 Å². The molecule has 0 aliphatic carbocycles. The van der Waals surface area contributed by atoms with Crippen LogP contribution >= 0.6 is 11.3 Å². The zero-order valence-corrected chi connectivity index (χ0v) is 18.7. The molecule has 2 rings (SSSR count). The number of nitrogens with zero attached hydrogens (tertiary/aromatic N) is 2. The number of benzene rings is 1. The number of nitrogens with one attached hydrogen (secondary N) is 2. The van der Waals surface area contributed by atoms with Crippen LogP contribution in [0.25, 0.3) is 0 Å². The van der Waals surface area contributed by atoms with Crippen LogP contribution in [0.4, 0.5) is 5.13 Å². The minimum Gasteiger partial charge on any atom is -0.493 e. The molecule has 29 heavy (non-hydrogen) atoms. The van der Waals surface area contributed by atoms with Crippen LogP contribution in [0, 0.1) is 5.41 Å². The lowest BCUT2D eigenvalue weighted by molar-refractivity contribution is -0.123. The Hall–Kier alpha value is -2.24. The second kappa shape index (κ2) is 9.51. The molecule has 11 heteroatoms. The van der Waals surface area contributed by atoms with E-state index in [1.165, 1.54) is 0 Å². The smallest absolute Gasteiger partial charge is 0.269 e. The number of carbonyl (C=O) groups excluding carboxylic acids is 1. The highest BCUT2D eigenvalue weighted by Gasteiger charge is 2.25. The first-order valence-electron chi connectivity index (χ1n) is 8.92. The Kier molecular flexibility index (Phi) is 7.55. The minimum absolute atomic E-state index is 0.149. The van der Waals surface area contributed by atoms with E-state index in [9.17, 15) is 13.2 Å². The van der Waals surface area contributed by atoms with E-state index in [2.05, 4.69) is 20.2 Å². The first kappa shape index (κ1) is 23.0. The molecule has 0 aliphatic rings. The predicted molar refractivity (Wildman–Crippen MR) is 111 cm³/mol. The molecular formula is C18H26N4O5S2. The van der Waals surface area contributed by atoms with Gasteiger partial charge in [0.05, 0.1) is 14.2 Å². The molecule has 0 saturated heterocycles. The molecule has 2 aromatic rings. The van der Waals surface area contributed by atoms with Gasteiger partial charge in [-0.2, -0.15) is 0 Å². The van der Waals surface area contributed by atoms with E-state index in [-0.39, 0.29) is 21.9 Å². The van der Waals surface area contributed by atoms with Gasteiger partial charge in [0.25, 0.3) is 10.0 Å². The van der Waals surface area contributed by atoms with Crippen molar-refractivity contribution in [1.29, 1.82) is 0 Å². The number of ether oxygens (including phenoxy) is 2. The van der Waals surface area contributed by atoms with Gasteiger partial charge in [-0.05, 0) is 30.5 Å². The van der Waals surface area contributed by atoms with E-state index < -0.39 is 15.4 Å². The molecule has 2 N–H and O–H groups in total. The molecule has 160 valence electrons. The Morgan fingerprint density at radius 2 is 1.83 bits per heavy atom. The molecule has 1 amide bonds. The molecule has 9 nitrogen and oxygen atoms in total. The molecule has 1 aromatic heterocycles. The highest BCUT2D eigenvalue weighted by Crippen LogP contribution is 2.28. The van der Waals surface area contributed by atoms with Gasteiger partial charge >= 0.3 is 0 Å². The van der Waals surface area contributed by atoms with Gasteiger partial charge in [-0.25, -0.2) is 13.1 Å². The molecule has 0 atom stereocenters. The molecule has 0 spiro atoms. The average Bonchev–Trinajstić information content (AvgIpc) is 3.13. The standard InChI is InChI=1S/C18H26N4O5S2/c1-18(2,3)15(23)20-16-21-22-17(28-16)29(24,25)19-10-6-7-12-8-9-13(26-4)14(11-12)27-5/h8-9,11,19H,6-7,10H2,1-5H3,(H,20,21,23). The van der Waals surface area contributed by atoms with Crippen molar-refractivity contribution in [2.24, 2.45) is 5.41 Å². The summed E-state index contributed by atoms with van der Waals surface area (Å²) < 4.78 is 37.5. The second-order valence-corrected chi connectivity index (χ2v) is 10.2. The maximum Gasteiger partial charge on any atom is 0.269 e. The van der Waals surface area contributed by atoms with Crippen molar-refractivity contribution in [3.63, 3.8) is 0 Å². The highest BCUT2D eigenvalue weighted by atomic mass is 32.2. The van der Waals surface area contributed by atoms with E-state index >= 15 is 0 Å². The van der Waals surface area contributed by atoms with Crippen molar-refractivity contribution < 1.29 is 22.7 Å². The molecule has 1 aromatic carbocycles. The number of hydrogen-bond acceptors (Lipinski definition) is 8. The summed E-state index contributed by atoms with van der Waals surface area (Å²) in [6, 6.07) is 5.58. The molecule has 0 unspecified atom stereocenters. The zero-order chi connectivity index (χ0) is 21.7. The van der Waals surface area contributed by atoms with Crippen molar-refractivity contribution in [2.75, 3.05) is 26.1 Å². The Bertz CT molecular complexity index is 951. The molecule has 0 radical (unpaired) electrons. The summed E-state index contributed by atoms with van der Waals surface area (Å²) >= 11 is 0.813. The lowest BCUT2D eigenvalue weighted by Crippen LogP contribution is -2.27. The number of amides is 1. The van der Waals surface area contributed by atoms with Crippen molar-refractivity contribution >= 4 is 32.4 Å². The van der Waals surface area contributed by atoms with Crippen molar-refractivity contribution in [3.8, 4) is 11.5 Å². The van der Waals surface area contributed by atoms with E-state index in [4.69, 9.17) is 9.47 Å². The molecular weight excluding hydrogens is 416 g/mol. The largest absolute Gasteiger partial charge is 0.493 e. The zero-order valence-electron chi connectivity index (χ0n) is 17.1. The molecule has 0 saturated carbocycles. The van der Waals surface area contributed by atoms with Crippen LogP contribution in [-0.4, -0.2) is 45.3 Å². The predicted octanol–water partition coefficient (Wildman–Crippen LogP) is 2.45. The SMILES string of the molecule is COc1ccc(CCCNS(=O)(=O)c2nnc(NC(=O)C(C)(C)C)s2)cc1OC. The summed E-state index contributed by atoms with van der Waals surface area (Å²) in [5.41, 5.74) is 0.387. The second-order valence-electron chi connectivity index (χ2n) is 7.27. The number of rotatable bonds is 9. The van der Waals surface area contributed by atoms with Gasteiger partial charge in [-0.3, -0.25) is 4.79 Å². The fourth-order valence-electron chi connectivity index (χ4n) is 2.25. The van der Waals surface area contributed by atoms with Crippen molar-refractivity contribution in [3.05, 3.63) is 23.8 Å². The van der Waals surface area contributed by atoms with E-state index in [1.807, 2.05) is 18.2 Å². The summed E-state index contributed by atoms with van der Waals surface area (Å²) in [6.45, 7) is 5.49. The molecule has 1 heterocycles. The van der Waals surface area contributed by atoms with E-state index in [0.29, 0.717) is 24.3 Å². The maximum absolute atomic E-state index is 12.4. The maximum atomic E-state index is 12.4. The number of hydrogen-bond donors (Lipinski definition) is 2. The number of aromatic nitrogens is 2. The molecule has 0 bridgehead atoms. The van der Waals surface area contributed by atoms with Crippen LogP contribution < -0.4 is 19.5 Å². The van der Waals surface area contributed by atoms with Crippen molar-refractivity contribution in [1.82, 2.24) is 14.9 Å². The Labute approximate surface area is 174 Å². The topological polar surface area (TPSA) is 120 Å². The third-order valence-corrected chi connectivity index (χ3v) is 6.59. The van der Waals surface area contributed by atoms with Crippen LogP contribution in [0.3, 0.4) is 0 Å². The number of sulfonamides is 1. The normalized spacial score (nSPS) is 11.9. The van der Waals surface area contributed by atoms with E-state index in [1.54, 1.807) is 35.0 Å². The Morgan fingerprint density at radius 1 is 1.14 bits per heavy atom. The van der Waals surface area contributed by atoms with Crippen molar-refractivity contribution in [2.45, 2.75) is 38.0 Å². The van der Waals surface area contributed by atoms with Crippen LogP contribution in [0.5, 0.6) is 11.5 Å². The lowest BCUT2D eigenvalue weighted by Gasteiger charge is -2.15. The van der Waals surface area contributed by atoms with Crippen LogP contribution in [0.1, 0.15) is 32.8 Å². The summed E-state index contributed by atoms with van der Waals surface area (Å²) in [7, 11) is -0.655. The van der Waals surface area contributed by atoms with Gasteiger partial charge < -0.3 is 14.8 Å². The van der Waals surface area contributed by atoms with Gasteiger partial charge in [0.1, 0.15) is 0 Å². The average molecular weight is 443 g/mol. The first-order valence-corrected chi connectivity index (χ1v) is 11.2. The summed E-state index contributed by atoms with van der Waals surface area (Å²) in [5, 5.41) is 10.1. The molecule has 0 aliphatic heterocycles. The third kappa shape index (κ3) is 6.38.